The van der Waals surface area contributed by atoms with Crippen LogP contribution in [0.2, 0.25) is 10.0 Å². The maximum Gasteiger partial charge on any atom is 0.266 e. The highest BCUT2D eigenvalue weighted by Gasteiger charge is 2.63. The van der Waals surface area contributed by atoms with Crippen molar-refractivity contribution in [2.45, 2.75) is 63.1 Å². The quantitative estimate of drug-likeness (QED) is 0.580. The molecule has 4 fully saturated rings. The molecule has 10 heteroatoms. The van der Waals surface area contributed by atoms with Gasteiger partial charge in [-0.3, -0.25) is 14.5 Å². The van der Waals surface area contributed by atoms with Gasteiger partial charge in [-0.1, -0.05) is 29.3 Å². The van der Waals surface area contributed by atoms with E-state index in [-0.39, 0.29) is 36.9 Å². The Labute approximate surface area is 214 Å². The van der Waals surface area contributed by atoms with Crippen LogP contribution in [0.15, 0.2) is 18.2 Å². The molecule has 3 aliphatic heterocycles. The summed E-state index contributed by atoms with van der Waals surface area (Å²) in [6, 6.07) is 4.05. The van der Waals surface area contributed by atoms with Gasteiger partial charge in [-0.25, -0.2) is 8.78 Å². The number of morpholine rings is 1. The molecule has 192 valence electrons. The standard InChI is InChI=1S/C25H31Cl2F2N3O3/c1-16-23(34)32-18(4-8-30-9-7-24(5-6-24)25(28,29)15-30)13-35-14-19(32)12-31(16)22(33)11-17-2-3-20(26)21(27)10-17/h2-3,10,16,18-19H,4-9,11-15H2,1H3/t16-,18-,19+/m0/s1. The first-order valence-corrected chi connectivity index (χ1v) is 13.1. The van der Waals surface area contributed by atoms with Gasteiger partial charge in [0.2, 0.25) is 11.8 Å². The number of fused-ring (bicyclic) bond motifs is 1. The van der Waals surface area contributed by atoms with Crippen LogP contribution in [0, 0.1) is 5.41 Å². The van der Waals surface area contributed by atoms with Gasteiger partial charge in [0, 0.05) is 18.5 Å². The summed E-state index contributed by atoms with van der Waals surface area (Å²) >= 11 is 12.1. The van der Waals surface area contributed by atoms with Gasteiger partial charge in [-0.2, -0.15) is 0 Å². The molecule has 1 spiro atoms. The van der Waals surface area contributed by atoms with Crippen molar-refractivity contribution in [3.05, 3.63) is 33.8 Å². The van der Waals surface area contributed by atoms with Crippen LogP contribution in [0.3, 0.4) is 0 Å². The summed E-state index contributed by atoms with van der Waals surface area (Å²) in [6.07, 6.45) is 2.50. The van der Waals surface area contributed by atoms with E-state index < -0.39 is 17.4 Å². The molecule has 3 atom stereocenters. The van der Waals surface area contributed by atoms with Crippen molar-refractivity contribution in [3.8, 4) is 0 Å². The van der Waals surface area contributed by atoms with Crippen LogP contribution in [0.25, 0.3) is 0 Å². The van der Waals surface area contributed by atoms with Crippen LogP contribution < -0.4 is 0 Å². The maximum absolute atomic E-state index is 14.6. The van der Waals surface area contributed by atoms with Crippen LogP contribution in [0.5, 0.6) is 0 Å². The lowest BCUT2D eigenvalue weighted by atomic mass is 9.89. The Hall–Kier alpha value is -1.48. The number of carbonyl (C=O) groups is 2. The Morgan fingerprint density at radius 1 is 1.17 bits per heavy atom. The smallest absolute Gasteiger partial charge is 0.266 e. The maximum atomic E-state index is 14.6. The lowest BCUT2D eigenvalue weighted by Crippen LogP contribution is -2.68. The fourth-order valence-electron chi connectivity index (χ4n) is 5.87. The number of piperidine rings is 1. The molecule has 0 radical (unpaired) electrons. The third kappa shape index (κ3) is 4.79. The fraction of sp³-hybridized carbons (Fsp3) is 0.680. The van der Waals surface area contributed by atoms with Crippen molar-refractivity contribution in [1.29, 1.82) is 0 Å². The van der Waals surface area contributed by atoms with Gasteiger partial charge < -0.3 is 14.5 Å². The molecule has 1 aliphatic carbocycles. The first kappa shape index (κ1) is 25.2. The molecule has 6 nitrogen and oxygen atoms in total. The molecule has 1 saturated carbocycles. The average Bonchev–Trinajstić information content (AvgIpc) is 3.61. The number of hydrogen-bond donors (Lipinski definition) is 0. The Kier molecular flexibility index (Phi) is 6.79. The minimum absolute atomic E-state index is 0.113. The summed E-state index contributed by atoms with van der Waals surface area (Å²) < 4.78 is 35.0. The molecule has 0 bridgehead atoms. The van der Waals surface area contributed by atoms with E-state index in [1.54, 1.807) is 30.0 Å². The zero-order valence-electron chi connectivity index (χ0n) is 19.8. The molecule has 3 saturated heterocycles. The summed E-state index contributed by atoms with van der Waals surface area (Å²) in [5, 5.41) is 0.805. The number of hydrogen-bond acceptors (Lipinski definition) is 4. The molecule has 3 heterocycles. The summed E-state index contributed by atoms with van der Waals surface area (Å²) in [5.74, 6) is -2.91. The molecule has 1 aromatic rings. The molecule has 2 amide bonds. The van der Waals surface area contributed by atoms with E-state index in [0.29, 0.717) is 68.6 Å². The molecule has 1 aromatic carbocycles. The van der Waals surface area contributed by atoms with Gasteiger partial charge in [-0.15, -0.1) is 0 Å². The van der Waals surface area contributed by atoms with Gasteiger partial charge in [0.05, 0.1) is 48.3 Å². The number of rotatable bonds is 5. The van der Waals surface area contributed by atoms with Crippen LogP contribution in [0.4, 0.5) is 8.78 Å². The Morgan fingerprint density at radius 2 is 1.94 bits per heavy atom. The monoisotopic (exact) mass is 529 g/mol. The van der Waals surface area contributed by atoms with Crippen molar-refractivity contribution in [1.82, 2.24) is 14.7 Å². The van der Waals surface area contributed by atoms with Crippen LogP contribution in [-0.2, 0) is 20.7 Å². The second-order valence-corrected chi connectivity index (χ2v) is 11.4. The number of likely N-dealkylation sites (tertiary alicyclic amines) is 1. The fourth-order valence-corrected chi connectivity index (χ4v) is 6.19. The van der Waals surface area contributed by atoms with E-state index in [9.17, 15) is 18.4 Å². The minimum Gasteiger partial charge on any atom is -0.377 e. The molecular weight excluding hydrogens is 499 g/mol. The van der Waals surface area contributed by atoms with Crippen LogP contribution in [-0.4, -0.2) is 90.0 Å². The number of halogens is 4. The van der Waals surface area contributed by atoms with Crippen molar-refractivity contribution in [3.63, 3.8) is 0 Å². The Balaban J connectivity index is 1.20. The number of alkyl halides is 2. The van der Waals surface area contributed by atoms with Gasteiger partial charge >= 0.3 is 0 Å². The SMILES string of the molecule is C[C@H]1C(=O)N2[C@@H](CCN3CCC4(CC4)C(F)(F)C3)COC[C@H]2CN1C(=O)Cc1ccc(Cl)c(Cl)c1. The Bertz CT molecular complexity index is 1010. The Morgan fingerprint density at radius 3 is 2.63 bits per heavy atom. The van der Waals surface area contributed by atoms with Gasteiger partial charge in [-0.05, 0) is 56.8 Å². The zero-order chi connectivity index (χ0) is 25.0. The second-order valence-electron chi connectivity index (χ2n) is 10.5. The molecule has 0 N–H and O–H groups in total. The highest BCUT2D eigenvalue weighted by atomic mass is 35.5. The number of piperazine rings is 1. The number of ether oxygens (including phenoxy) is 1. The highest BCUT2D eigenvalue weighted by molar-refractivity contribution is 6.42. The summed E-state index contributed by atoms with van der Waals surface area (Å²) in [6.45, 7) is 3.85. The van der Waals surface area contributed by atoms with E-state index in [1.807, 2.05) is 9.80 Å². The first-order chi connectivity index (χ1) is 16.6. The lowest BCUT2D eigenvalue weighted by Gasteiger charge is -2.50. The van der Waals surface area contributed by atoms with Crippen molar-refractivity contribution in [2.75, 3.05) is 39.4 Å². The molecule has 0 aromatic heterocycles. The third-order valence-corrected chi connectivity index (χ3v) is 9.03. The van der Waals surface area contributed by atoms with Crippen molar-refractivity contribution in [2.24, 2.45) is 5.41 Å². The van der Waals surface area contributed by atoms with Gasteiger partial charge in [0.25, 0.3) is 5.92 Å². The topological polar surface area (TPSA) is 53.1 Å². The normalized spacial score (nSPS) is 29.9. The molecule has 4 aliphatic rings. The molecular formula is C25H31Cl2F2N3O3. The lowest BCUT2D eigenvalue weighted by molar-refractivity contribution is -0.168. The van der Waals surface area contributed by atoms with Crippen LogP contribution >= 0.6 is 23.2 Å². The molecule has 5 rings (SSSR count). The van der Waals surface area contributed by atoms with Crippen LogP contribution in [0.1, 0.15) is 38.2 Å². The predicted molar refractivity (Wildman–Crippen MR) is 129 cm³/mol. The van der Waals surface area contributed by atoms with Crippen molar-refractivity contribution >= 4 is 35.0 Å². The van der Waals surface area contributed by atoms with E-state index in [4.69, 9.17) is 27.9 Å². The molecule has 35 heavy (non-hydrogen) atoms. The highest BCUT2D eigenvalue weighted by Crippen LogP contribution is 2.61. The predicted octanol–water partition coefficient (Wildman–Crippen LogP) is 3.87. The number of benzene rings is 1. The van der Waals surface area contributed by atoms with E-state index in [0.717, 1.165) is 5.56 Å². The summed E-state index contributed by atoms with van der Waals surface area (Å²) in [5.41, 5.74) is -0.0238. The van der Waals surface area contributed by atoms with Gasteiger partial charge in [0.15, 0.2) is 0 Å². The first-order valence-electron chi connectivity index (χ1n) is 12.3. The number of carbonyl (C=O) groups excluding carboxylic acids is 2. The number of amides is 2. The summed E-state index contributed by atoms with van der Waals surface area (Å²) in [7, 11) is 0. The average molecular weight is 530 g/mol. The van der Waals surface area contributed by atoms with Gasteiger partial charge in [0.1, 0.15) is 6.04 Å². The van der Waals surface area contributed by atoms with E-state index in [1.165, 1.54) is 0 Å². The molecule has 0 unspecified atom stereocenters. The van der Waals surface area contributed by atoms with E-state index >= 15 is 0 Å². The van der Waals surface area contributed by atoms with E-state index in [2.05, 4.69) is 0 Å². The summed E-state index contributed by atoms with van der Waals surface area (Å²) in [4.78, 5) is 31.8. The third-order valence-electron chi connectivity index (χ3n) is 8.29. The minimum atomic E-state index is -2.64. The second kappa shape index (κ2) is 9.43. The van der Waals surface area contributed by atoms with Crippen molar-refractivity contribution < 1.29 is 23.1 Å². The zero-order valence-corrected chi connectivity index (χ0v) is 21.3. The largest absolute Gasteiger partial charge is 0.377 e. The number of nitrogens with zero attached hydrogens (tertiary/aromatic N) is 3.